The zero-order valence-electron chi connectivity index (χ0n) is 24.9. The van der Waals surface area contributed by atoms with Gasteiger partial charge in [0.05, 0.1) is 64.0 Å². The highest BCUT2D eigenvalue weighted by atomic mass is 32.2. The number of nitrogens with two attached hydrogens (primary N) is 2. The monoisotopic (exact) mass is 707 g/mol. The van der Waals surface area contributed by atoms with Crippen molar-refractivity contribution in [1.29, 1.82) is 0 Å². The van der Waals surface area contributed by atoms with Crippen LogP contribution in [0.25, 0.3) is 0 Å². The molecule has 0 bridgehead atoms. The van der Waals surface area contributed by atoms with E-state index in [1.807, 2.05) is 0 Å². The van der Waals surface area contributed by atoms with Crippen LogP contribution >= 0.6 is 0 Å². The Morgan fingerprint density at radius 1 is 0.750 bits per heavy atom. The molecule has 0 atom stereocenters. The molecule has 258 valence electrons. The van der Waals surface area contributed by atoms with Gasteiger partial charge in [0.1, 0.15) is 30.0 Å². The van der Waals surface area contributed by atoms with Crippen LogP contribution in [0.15, 0.2) is 58.3 Å². The smallest absolute Gasteiger partial charge is 0.305 e. The SMILES string of the molecule is Nc1ccc2c(c1S(=O)(=O)[O-])Oc1c(ccc(N)c1S(=O)(=O)[O-])C21c2ccccc2C(=O)N1OCCOCCOCCOCCC(=O)O. The lowest BCUT2D eigenvalue weighted by Crippen LogP contribution is -2.48. The Labute approximate surface area is 274 Å². The summed E-state index contributed by atoms with van der Waals surface area (Å²) in [5.41, 5.74) is 8.72. The molecule has 0 aliphatic carbocycles. The molecule has 19 heteroatoms. The van der Waals surface area contributed by atoms with Crippen LogP contribution in [0.3, 0.4) is 0 Å². The third-order valence-corrected chi connectivity index (χ3v) is 9.30. The molecular formula is C29H29N3O14S2-2. The van der Waals surface area contributed by atoms with E-state index in [2.05, 4.69) is 0 Å². The fourth-order valence-corrected chi connectivity index (χ4v) is 7.07. The lowest BCUT2D eigenvalue weighted by Gasteiger charge is -2.44. The van der Waals surface area contributed by atoms with Crippen molar-refractivity contribution in [3.63, 3.8) is 0 Å². The van der Waals surface area contributed by atoms with Gasteiger partial charge in [0.15, 0.2) is 17.0 Å². The van der Waals surface area contributed by atoms with Crippen LogP contribution < -0.4 is 16.2 Å². The molecule has 0 fully saturated rings. The zero-order valence-corrected chi connectivity index (χ0v) is 26.6. The van der Waals surface area contributed by atoms with Crippen LogP contribution in [-0.2, 0) is 49.6 Å². The fraction of sp³-hybridized carbons (Fsp3) is 0.310. The molecule has 0 saturated heterocycles. The quantitative estimate of drug-likeness (QED) is 0.113. The van der Waals surface area contributed by atoms with Crippen molar-refractivity contribution in [2.24, 2.45) is 0 Å². The topological polar surface area (TPSA) is 270 Å². The Morgan fingerprint density at radius 3 is 1.73 bits per heavy atom. The highest BCUT2D eigenvalue weighted by Gasteiger charge is 2.59. The second-order valence-electron chi connectivity index (χ2n) is 10.4. The van der Waals surface area contributed by atoms with Crippen LogP contribution in [0.1, 0.15) is 33.5 Å². The van der Waals surface area contributed by atoms with Gasteiger partial charge in [0, 0.05) is 22.3 Å². The van der Waals surface area contributed by atoms with E-state index in [1.165, 1.54) is 24.3 Å². The molecule has 0 aromatic heterocycles. The summed E-state index contributed by atoms with van der Waals surface area (Å²) >= 11 is 0. The Balaban J connectivity index is 1.50. The van der Waals surface area contributed by atoms with Crippen molar-refractivity contribution < 1.29 is 64.4 Å². The van der Waals surface area contributed by atoms with Gasteiger partial charge in [-0.3, -0.25) is 14.4 Å². The maximum Gasteiger partial charge on any atom is 0.305 e. The highest BCUT2D eigenvalue weighted by Crippen LogP contribution is 2.60. The molecule has 2 aliphatic rings. The molecule has 3 aromatic carbocycles. The molecule has 5 rings (SSSR count). The molecule has 5 N–H and O–H groups in total. The first-order valence-electron chi connectivity index (χ1n) is 14.2. The van der Waals surface area contributed by atoms with E-state index in [0.717, 1.165) is 17.2 Å². The van der Waals surface area contributed by atoms with Gasteiger partial charge in [-0.1, -0.05) is 18.2 Å². The largest absolute Gasteiger partial charge is 0.744 e. The van der Waals surface area contributed by atoms with Crippen molar-refractivity contribution in [3.8, 4) is 11.5 Å². The lowest BCUT2D eigenvalue weighted by molar-refractivity contribution is -0.171. The second-order valence-corrected chi connectivity index (χ2v) is 13.0. The van der Waals surface area contributed by atoms with E-state index in [-0.39, 0.29) is 74.9 Å². The Bertz CT molecular complexity index is 1880. The van der Waals surface area contributed by atoms with Crippen LogP contribution in [-0.4, -0.2) is 94.2 Å². The maximum atomic E-state index is 14.0. The van der Waals surface area contributed by atoms with Gasteiger partial charge in [0.2, 0.25) is 0 Å². The van der Waals surface area contributed by atoms with E-state index in [0.29, 0.717) is 0 Å². The summed E-state index contributed by atoms with van der Waals surface area (Å²) in [5, 5.41) is 9.48. The molecule has 2 aliphatic heterocycles. The van der Waals surface area contributed by atoms with Gasteiger partial charge in [-0.25, -0.2) is 16.8 Å². The third-order valence-electron chi connectivity index (χ3n) is 7.46. The number of amides is 1. The van der Waals surface area contributed by atoms with Crippen molar-refractivity contribution in [3.05, 3.63) is 70.8 Å². The van der Waals surface area contributed by atoms with Crippen LogP contribution in [0.5, 0.6) is 11.5 Å². The molecule has 1 spiro atoms. The Morgan fingerprint density at radius 2 is 1.23 bits per heavy atom. The van der Waals surface area contributed by atoms with E-state index >= 15 is 0 Å². The van der Waals surface area contributed by atoms with Crippen molar-refractivity contribution >= 4 is 43.5 Å². The highest BCUT2D eigenvalue weighted by molar-refractivity contribution is 7.86. The normalized spacial score (nSPS) is 14.8. The third kappa shape index (κ3) is 6.41. The second kappa shape index (κ2) is 13.6. The molecule has 17 nitrogen and oxygen atoms in total. The van der Waals surface area contributed by atoms with Crippen molar-refractivity contribution in [2.45, 2.75) is 21.8 Å². The van der Waals surface area contributed by atoms with Crippen molar-refractivity contribution in [2.75, 3.05) is 57.7 Å². The van der Waals surface area contributed by atoms with Gasteiger partial charge in [-0.15, -0.1) is 0 Å². The summed E-state index contributed by atoms with van der Waals surface area (Å²) in [6, 6.07) is 10.9. The predicted octanol–water partition coefficient (Wildman–Crippen LogP) is 0.969. The molecule has 0 radical (unpaired) electrons. The fourth-order valence-electron chi connectivity index (χ4n) is 5.60. The molecule has 2 heterocycles. The summed E-state index contributed by atoms with van der Waals surface area (Å²) in [6.07, 6.45) is -0.126. The molecule has 0 saturated carbocycles. The number of hydrogen-bond donors (Lipinski definition) is 3. The number of carbonyl (C=O) groups is 2. The van der Waals surface area contributed by atoms with Crippen LogP contribution in [0.2, 0.25) is 0 Å². The zero-order chi connectivity index (χ0) is 34.9. The first kappa shape index (κ1) is 35.0. The number of hydrogen-bond acceptors (Lipinski definition) is 15. The summed E-state index contributed by atoms with van der Waals surface area (Å²) in [6.45, 7) is 0.331. The standard InChI is InChI=1S/C29H31N3O14S2/c30-21-7-5-19-24(26(21)47(36,37)38)46-25-20(6-8-22(31)27(25)48(39,40)41)29(19)18-4-2-1-3-17(18)28(35)32(29)45-16-15-44-14-13-43-12-11-42-10-9-23(33)34/h1-8H,9-16,30-31H2,(H,33,34)(H,36,37,38)(H,39,40,41)/p-2. The summed E-state index contributed by atoms with van der Waals surface area (Å²) < 4.78 is 96.8. The van der Waals surface area contributed by atoms with E-state index in [1.54, 1.807) is 12.1 Å². The predicted molar refractivity (Wildman–Crippen MR) is 161 cm³/mol. The first-order chi connectivity index (χ1) is 22.7. The number of aliphatic carboxylic acids is 1. The number of nitrogen functional groups attached to an aromatic ring is 2. The number of fused-ring (bicyclic) bond motifs is 6. The molecule has 0 unspecified atom stereocenters. The summed E-state index contributed by atoms with van der Waals surface area (Å²) in [5.74, 6) is -3.14. The minimum atomic E-state index is -5.40. The van der Waals surface area contributed by atoms with Gasteiger partial charge in [-0.2, -0.15) is 5.06 Å². The van der Waals surface area contributed by atoms with Gasteiger partial charge in [0.25, 0.3) is 5.91 Å². The lowest BCUT2D eigenvalue weighted by atomic mass is 9.75. The number of benzene rings is 3. The average molecular weight is 708 g/mol. The van der Waals surface area contributed by atoms with Crippen LogP contribution in [0.4, 0.5) is 11.4 Å². The molecular weight excluding hydrogens is 678 g/mol. The average Bonchev–Trinajstić information content (AvgIpc) is 3.24. The molecule has 48 heavy (non-hydrogen) atoms. The first-order valence-corrected chi connectivity index (χ1v) is 17.0. The number of hydroxylamine groups is 2. The number of carboxylic acids is 1. The Kier molecular flexibility index (Phi) is 9.94. The summed E-state index contributed by atoms with van der Waals surface area (Å²) in [7, 11) is -10.8. The number of ether oxygens (including phenoxy) is 4. The minimum absolute atomic E-state index is 0.0526. The number of carbonyl (C=O) groups excluding carboxylic acids is 1. The number of anilines is 2. The summed E-state index contributed by atoms with van der Waals surface area (Å²) in [4.78, 5) is 28.4. The number of carboxylic acid groups (broad SMARTS) is 1. The number of nitrogens with zero attached hydrogens (tertiary/aromatic N) is 1. The van der Waals surface area contributed by atoms with E-state index in [9.17, 15) is 35.5 Å². The van der Waals surface area contributed by atoms with Gasteiger partial charge < -0.3 is 44.6 Å². The molecule has 1 amide bonds. The minimum Gasteiger partial charge on any atom is -0.744 e. The van der Waals surface area contributed by atoms with Crippen molar-refractivity contribution in [1.82, 2.24) is 5.06 Å². The van der Waals surface area contributed by atoms with E-state index in [4.69, 9.17) is 40.4 Å². The Hall–Kier alpha value is -4.34. The van der Waals surface area contributed by atoms with Crippen LogP contribution in [0, 0.1) is 0 Å². The van der Waals surface area contributed by atoms with E-state index < -0.39 is 70.3 Å². The van der Waals surface area contributed by atoms with Gasteiger partial charge in [-0.05, 0) is 30.3 Å². The molecule has 3 aromatic rings. The number of rotatable bonds is 15. The maximum absolute atomic E-state index is 14.0. The van der Waals surface area contributed by atoms with Gasteiger partial charge >= 0.3 is 5.97 Å².